The van der Waals surface area contributed by atoms with Gasteiger partial charge in [0.05, 0.1) is 23.7 Å². The molecule has 0 heterocycles. The van der Waals surface area contributed by atoms with Gasteiger partial charge in [-0.05, 0) is 45.2 Å². The molecule has 142 valence electrons. The van der Waals surface area contributed by atoms with Gasteiger partial charge in [-0.1, -0.05) is 60.7 Å². The minimum atomic E-state index is -3.74. The highest BCUT2D eigenvalue weighted by atomic mass is 31.2. The smallest absolute Gasteiger partial charge is 0.305 e. The highest BCUT2D eigenvalue weighted by Crippen LogP contribution is 2.81. The van der Waals surface area contributed by atoms with Crippen molar-refractivity contribution in [3.63, 3.8) is 0 Å². The van der Waals surface area contributed by atoms with E-state index in [2.05, 4.69) is 6.07 Å². The second-order valence-corrected chi connectivity index (χ2v) is 9.77. The molecule has 1 aliphatic carbocycles. The maximum atomic E-state index is 14.0. The number of nitriles is 1. The SMILES string of the molecule is CC(C)OP(=O)(OC(C)C)[C@@]1(C#N)CC1(c1ccccc1)c1ccccc1. The number of benzene rings is 2. The Morgan fingerprint density at radius 3 is 1.63 bits per heavy atom. The number of hydrogen-bond donors (Lipinski definition) is 0. The number of hydrogen-bond acceptors (Lipinski definition) is 4. The van der Waals surface area contributed by atoms with Crippen LogP contribution in [0.4, 0.5) is 0 Å². The van der Waals surface area contributed by atoms with E-state index >= 15 is 0 Å². The summed E-state index contributed by atoms with van der Waals surface area (Å²) in [6, 6.07) is 22.0. The van der Waals surface area contributed by atoms with E-state index in [-0.39, 0.29) is 12.2 Å². The Labute approximate surface area is 161 Å². The molecule has 4 nitrogen and oxygen atoms in total. The summed E-state index contributed by atoms with van der Waals surface area (Å²) in [5, 5.41) is 9.04. The van der Waals surface area contributed by atoms with Crippen LogP contribution < -0.4 is 0 Å². The second-order valence-electron chi connectivity index (χ2n) is 7.59. The third-order valence-electron chi connectivity index (χ3n) is 4.99. The topological polar surface area (TPSA) is 59.3 Å². The van der Waals surface area contributed by atoms with E-state index in [9.17, 15) is 9.83 Å². The van der Waals surface area contributed by atoms with Crippen LogP contribution in [-0.4, -0.2) is 17.4 Å². The molecule has 0 radical (unpaired) electrons. The molecule has 5 heteroatoms. The Bertz CT molecular complexity index is 820. The van der Waals surface area contributed by atoms with E-state index in [0.29, 0.717) is 6.42 Å². The van der Waals surface area contributed by atoms with Crippen LogP contribution in [0.15, 0.2) is 60.7 Å². The summed E-state index contributed by atoms with van der Waals surface area (Å²) in [6.45, 7) is 7.26. The molecule has 1 aliphatic rings. The van der Waals surface area contributed by atoms with Gasteiger partial charge in [-0.2, -0.15) is 5.26 Å². The van der Waals surface area contributed by atoms with E-state index < -0.39 is 18.2 Å². The molecule has 3 rings (SSSR count). The lowest BCUT2D eigenvalue weighted by Crippen LogP contribution is -2.28. The van der Waals surface area contributed by atoms with Crippen molar-refractivity contribution >= 4 is 7.60 Å². The van der Waals surface area contributed by atoms with Crippen molar-refractivity contribution < 1.29 is 13.6 Å². The van der Waals surface area contributed by atoms with E-state index in [4.69, 9.17) is 9.05 Å². The van der Waals surface area contributed by atoms with Crippen molar-refractivity contribution in [2.75, 3.05) is 0 Å². The Hall–Kier alpha value is -1.92. The van der Waals surface area contributed by atoms with Crippen LogP contribution in [0, 0.1) is 11.3 Å². The molecule has 0 spiro atoms. The van der Waals surface area contributed by atoms with E-state index in [1.54, 1.807) is 0 Å². The average molecular weight is 383 g/mol. The van der Waals surface area contributed by atoms with Crippen LogP contribution in [0.2, 0.25) is 0 Å². The summed E-state index contributed by atoms with van der Waals surface area (Å²) in [4.78, 5) is 0. The van der Waals surface area contributed by atoms with Gasteiger partial charge in [0.15, 0.2) is 5.16 Å². The lowest BCUT2D eigenvalue weighted by Gasteiger charge is -2.31. The first kappa shape index (κ1) is 19.8. The van der Waals surface area contributed by atoms with Gasteiger partial charge in [0.1, 0.15) is 0 Å². The van der Waals surface area contributed by atoms with Crippen LogP contribution in [0.5, 0.6) is 0 Å². The standard InChI is InChI=1S/C22H26NO3P/c1-17(2)25-27(24,26-18(3)4)21(16-23)15-22(21,19-11-7-5-8-12-19)20-13-9-6-10-14-20/h5-14,17-18H,15H2,1-4H3/t21-/m1/s1. The maximum absolute atomic E-state index is 14.0. The number of rotatable bonds is 7. The summed E-state index contributed by atoms with van der Waals surface area (Å²) in [7, 11) is -3.74. The van der Waals surface area contributed by atoms with Crippen molar-refractivity contribution in [3.8, 4) is 6.07 Å². The predicted octanol–water partition coefficient (Wildman–Crippen LogP) is 5.68. The molecule has 0 bridgehead atoms. The molecule has 0 amide bonds. The molecule has 2 aromatic carbocycles. The van der Waals surface area contributed by atoms with Gasteiger partial charge in [0.2, 0.25) is 0 Å². The highest BCUT2D eigenvalue weighted by Gasteiger charge is 2.80. The number of nitrogens with zero attached hydrogens (tertiary/aromatic N) is 1. The first-order valence-electron chi connectivity index (χ1n) is 9.30. The average Bonchev–Trinajstić information content (AvgIpc) is 3.34. The lowest BCUT2D eigenvalue weighted by molar-refractivity contribution is 0.137. The summed E-state index contributed by atoms with van der Waals surface area (Å²) in [5.41, 5.74) is 1.19. The fourth-order valence-electron chi connectivity index (χ4n) is 3.92. The predicted molar refractivity (Wildman–Crippen MR) is 107 cm³/mol. The fourth-order valence-corrected chi connectivity index (χ4v) is 6.72. The van der Waals surface area contributed by atoms with Crippen molar-refractivity contribution in [3.05, 3.63) is 71.8 Å². The summed E-state index contributed by atoms with van der Waals surface area (Å²) < 4.78 is 25.8. The van der Waals surface area contributed by atoms with Crippen molar-refractivity contribution in [2.45, 2.75) is 56.9 Å². The van der Waals surface area contributed by atoms with Gasteiger partial charge in [-0.15, -0.1) is 0 Å². The first-order chi connectivity index (χ1) is 12.8. The van der Waals surface area contributed by atoms with Gasteiger partial charge < -0.3 is 9.05 Å². The minimum absolute atomic E-state index is 0.315. The molecule has 0 unspecified atom stereocenters. The third-order valence-corrected chi connectivity index (χ3v) is 7.96. The van der Waals surface area contributed by atoms with E-state index in [0.717, 1.165) is 11.1 Å². The lowest BCUT2D eigenvalue weighted by atomic mass is 9.86. The first-order valence-corrected chi connectivity index (χ1v) is 10.8. The fraction of sp³-hybridized carbons (Fsp3) is 0.409. The molecule has 0 saturated heterocycles. The van der Waals surface area contributed by atoms with Crippen molar-refractivity contribution in [2.24, 2.45) is 0 Å². The Balaban J connectivity index is 2.22. The van der Waals surface area contributed by atoms with Gasteiger partial charge in [-0.3, -0.25) is 4.57 Å². The summed E-state index contributed by atoms with van der Waals surface area (Å²) in [5.74, 6) is 0. The van der Waals surface area contributed by atoms with Crippen molar-refractivity contribution in [1.29, 1.82) is 5.26 Å². The molecule has 0 aliphatic heterocycles. The molecule has 1 atom stereocenters. The van der Waals surface area contributed by atoms with Gasteiger partial charge in [0, 0.05) is 0 Å². The second kappa shape index (κ2) is 7.24. The molecule has 1 saturated carbocycles. The van der Waals surface area contributed by atoms with Crippen LogP contribution in [0.3, 0.4) is 0 Å². The monoisotopic (exact) mass is 383 g/mol. The quantitative estimate of drug-likeness (QED) is 0.577. The molecule has 0 aromatic heterocycles. The Morgan fingerprint density at radius 2 is 1.30 bits per heavy atom. The van der Waals surface area contributed by atoms with Crippen LogP contribution in [0.1, 0.15) is 45.2 Å². The molecule has 27 heavy (non-hydrogen) atoms. The van der Waals surface area contributed by atoms with Gasteiger partial charge in [0.25, 0.3) is 0 Å². The Morgan fingerprint density at radius 1 is 0.889 bits per heavy atom. The molecular weight excluding hydrogens is 357 g/mol. The van der Waals surface area contributed by atoms with Crippen LogP contribution in [0.25, 0.3) is 0 Å². The third kappa shape index (κ3) is 3.15. The molecule has 0 N–H and O–H groups in total. The summed E-state index contributed by atoms with van der Waals surface area (Å²) in [6.07, 6.45) is -0.226. The van der Waals surface area contributed by atoms with Gasteiger partial charge in [-0.25, -0.2) is 0 Å². The molecule has 2 aromatic rings. The minimum Gasteiger partial charge on any atom is -0.305 e. The van der Waals surface area contributed by atoms with Crippen LogP contribution >= 0.6 is 7.60 Å². The normalized spacial score (nSPS) is 21.2. The van der Waals surface area contributed by atoms with E-state index in [1.807, 2.05) is 88.4 Å². The van der Waals surface area contributed by atoms with Crippen molar-refractivity contribution in [1.82, 2.24) is 0 Å². The maximum Gasteiger partial charge on any atom is 0.352 e. The zero-order valence-electron chi connectivity index (χ0n) is 16.3. The largest absolute Gasteiger partial charge is 0.352 e. The molecular formula is C22H26NO3P. The zero-order valence-corrected chi connectivity index (χ0v) is 17.1. The van der Waals surface area contributed by atoms with E-state index in [1.165, 1.54) is 0 Å². The Kier molecular flexibility index (Phi) is 5.32. The summed E-state index contributed by atoms with van der Waals surface area (Å²) >= 11 is 0. The van der Waals surface area contributed by atoms with Gasteiger partial charge >= 0.3 is 7.60 Å². The highest BCUT2D eigenvalue weighted by molar-refractivity contribution is 7.56. The zero-order chi connectivity index (χ0) is 19.7. The van der Waals surface area contributed by atoms with Crippen LogP contribution in [-0.2, 0) is 19.0 Å². The molecule has 1 fully saturated rings.